The molecular weight excluding hydrogens is 311 g/mol. The highest BCUT2D eigenvalue weighted by Gasteiger charge is 2.19. The maximum atomic E-state index is 13.8. The second kappa shape index (κ2) is 7.12. The number of primary amides is 1. The van der Waals surface area contributed by atoms with Crippen LogP contribution in [0.3, 0.4) is 0 Å². The lowest BCUT2D eigenvalue weighted by atomic mass is 10.1. The molecule has 0 aliphatic rings. The average molecular weight is 330 g/mol. The highest BCUT2D eigenvalue weighted by molar-refractivity contribution is 5.97. The molecule has 1 unspecified atom stereocenters. The highest BCUT2D eigenvalue weighted by Crippen LogP contribution is 2.22. The van der Waals surface area contributed by atoms with Crippen molar-refractivity contribution in [2.75, 3.05) is 5.32 Å². The first-order chi connectivity index (χ1) is 11.3. The molecule has 24 heavy (non-hydrogen) atoms. The van der Waals surface area contributed by atoms with E-state index in [4.69, 9.17) is 10.5 Å². The molecule has 2 aromatic rings. The number of nitrogens with one attached hydrogen (secondary N) is 1. The number of hydrogen-bond donors (Lipinski definition) is 2. The average Bonchev–Trinajstić information content (AvgIpc) is 2.49. The van der Waals surface area contributed by atoms with E-state index in [0.717, 1.165) is 11.1 Å². The van der Waals surface area contributed by atoms with Crippen LogP contribution in [0.4, 0.5) is 10.1 Å². The van der Waals surface area contributed by atoms with Gasteiger partial charge in [0.2, 0.25) is 0 Å². The first-order valence-electron chi connectivity index (χ1n) is 7.42. The molecule has 5 nitrogen and oxygen atoms in total. The van der Waals surface area contributed by atoms with Crippen molar-refractivity contribution in [1.29, 1.82) is 0 Å². The van der Waals surface area contributed by atoms with Gasteiger partial charge in [0.15, 0.2) is 6.10 Å². The topological polar surface area (TPSA) is 81.4 Å². The molecule has 3 N–H and O–H groups in total. The Hall–Kier alpha value is -2.89. The Morgan fingerprint density at radius 1 is 1.12 bits per heavy atom. The molecule has 0 heterocycles. The van der Waals surface area contributed by atoms with Crippen molar-refractivity contribution in [3.63, 3.8) is 0 Å². The van der Waals surface area contributed by atoms with Gasteiger partial charge in [-0.2, -0.15) is 0 Å². The number of amides is 2. The van der Waals surface area contributed by atoms with Crippen LogP contribution in [0.15, 0.2) is 36.4 Å². The van der Waals surface area contributed by atoms with Crippen molar-refractivity contribution in [3.8, 4) is 5.75 Å². The van der Waals surface area contributed by atoms with Gasteiger partial charge in [0.1, 0.15) is 11.6 Å². The van der Waals surface area contributed by atoms with Gasteiger partial charge in [-0.15, -0.1) is 0 Å². The lowest BCUT2D eigenvalue weighted by molar-refractivity contribution is -0.122. The largest absolute Gasteiger partial charge is 0.480 e. The summed E-state index contributed by atoms with van der Waals surface area (Å²) in [5, 5.41) is 2.47. The number of hydrogen-bond acceptors (Lipinski definition) is 3. The van der Waals surface area contributed by atoms with Crippen LogP contribution in [-0.2, 0) is 4.79 Å². The van der Waals surface area contributed by atoms with Crippen molar-refractivity contribution in [1.82, 2.24) is 0 Å². The molecule has 2 aromatic carbocycles. The van der Waals surface area contributed by atoms with Gasteiger partial charge in [0, 0.05) is 0 Å². The number of nitrogens with two attached hydrogens (primary N) is 1. The number of anilines is 1. The van der Waals surface area contributed by atoms with Crippen molar-refractivity contribution >= 4 is 17.5 Å². The van der Waals surface area contributed by atoms with Gasteiger partial charge >= 0.3 is 0 Å². The molecular formula is C18H19FN2O3. The van der Waals surface area contributed by atoms with Crippen molar-refractivity contribution in [3.05, 3.63) is 58.9 Å². The van der Waals surface area contributed by atoms with Crippen molar-refractivity contribution in [2.45, 2.75) is 26.9 Å². The zero-order valence-corrected chi connectivity index (χ0v) is 13.7. The Labute approximate surface area is 139 Å². The van der Waals surface area contributed by atoms with E-state index < -0.39 is 23.7 Å². The van der Waals surface area contributed by atoms with Crippen LogP contribution >= 0.6 is 0 Å². The van der Waals surface area contributed by atoms with Gasteiger partial charge in [0.25, 0.3) is 11.8 Å². The van der Waals surface area contributed by atoms with E-state index in [1.165, 1.54) is 25.1 Å². The molecule has 0 fully saturated rings. The van der Waals surface area contributed by atoms with Gasteiger partial charge < -0.3 is 15.8 Å². The normalized spacial score (nSPS) is 11.7. The molecule has 0 bridgehead atoms. The number of benzene rings is 2. The zero-order chi connectivity index (χ0) is 17.9. The lowest BCUT2D eigenvalue weighted by Gasteiger charge is -2.17. The predicted octanol–water partition coefficient (Wildman–Crippen LogP) is 2.95. The van der Waals surface area contributed by atoms with Crippen LogP contribution in [0.25, 0.3) is 0 Å². The van der Waals surface area contributed by atoms with E-state index in [0.29, 0.717) is 0 Å². The predicted molar refractivity (Wildman–Crippen MR) is 89.6 cm³/mol. The van der Waals surface area contributed by atoms with Gasteiger partial charge in [-0.1, -0.05) is 12.1 Å². The van der Waals surface area contributed by atoms with Gasteiger partial charge in [-0.05, 0) is 56.2 Å². The molecule has 0 radical (unpaired) electrons. The molecule has 0 aliphatic heterocycles. The number of ether oxygens (including phenoxy) is 1. The zero-order valence-electron chi connectivity index (χ0n) is 13.7. The smallest absolute Gasteiger partial charge is 0.265 e. The molecule has 2 amide bonds. The number of aryl methyl sites for hydroxylation is 2. The van der Waals surface area contributed by atoms with E-state index in [1.807, 2.05) is 6.92 Å². The summed E-state index contributed by atoms with van der Waals surface area (Å²) in [4.78, 5) is 23.6. The van der Waals surface area contributed by atoms with Crippen LogP contribution in [0, 0.1) is 19.7 Å². The number of carbonyl (C=O) groups excluding carboxylic acids is 2. The molecule has 6 heteroatoms. The Kier molecular flexibility index (Phi) is 5.18. The fourth-order valence-corrected chi connectivity index (χ4v) is 2.13. The highest BCUT2D eigenvalue weighted by atomic mass is 19.1. The van der Waals surface area contributed by atoms with Gasteiger partial charge in [0.05, 0.1) is 11.3 Å². The van der Waals surface area contributed by atoms with Crippen LogP contribution < -0.4 is 15.8 Å². The minimum absolute atomic E-state index is 0.0698. The standard InChI is InChI=1S/C18H19FN2O3/c1-10-5-7-15(14(19)8-10)21-18(23)12(3)24-16-9-11(2)4-6-13(16)17(20)22/h4-9,12H,1-3H3,(H2,20,22)(H,21,23). The summed E-state index contributed by atoms with van der Waals surface area (Å²) in [6.45, 7) is 5.09. The monoisotopic (exact) mass is 330 g/mol. The summed E-state index contributed by atoms with van der Waals surface area (Å²) < 4.78 is 19.4. The summed E-state index contributed by atoms with van der Waals surface area (Å²) in [7, 11) is 0. The summed E-state index contributed by atoms with van der Waals surface area (Å²) in [6, 6.07) is 9.38. The Bertz CT molecular complexity index is 790. The Balaban J connectivity index is 2.14. The molecule has 0 aromatic heterocycles. The van der Waals surface area contributed by atoms with E-state index in [-0.39, 0.29) is 17.0 Å². The SMILES string of the molecule is Cc1ccc(NC(=O)C(C)Oc2cc(C)ccc2C(N)=O)c(F)c1. The Morgan fingerprint density at radius 2 is 1.75 bits per heavy atom. The van der Waals surface area contributed by atoms with Crippen LogP contribution in [0.2, 0.25) is 0 Å². The lowest BCUT2D eigenvalue weighted by Crippen LogP contribution is -2.31. The summed E-state index contributed by atoms with van der Waals surface area (Å²) in [5.41, 5.74) is 7.16. The molecule has 2 rings (SSSR count). The van der Waals surface area contributed by atoms with Crippen molar-refractivity contribution < 1.29 is 18.7 Å². The second-order valence-electron chi connectivity index (χ2n) is 5.60. The van der Waals surface area contributed by atoms with E-state index >= 15 is 0 Å². The molecule has 1 atom stereocenters. The van der Waals surface area contributed by atoms with Gasteiger partial charge in [-0.25, -0.2) is 4.39 Å². The quantitative estimate of drug-likeness (QED) is 0.884. The minimum Gasteiger partial charge on any atom is -0.480 e. The molecule has 0 saturated carbocycles. The van der Waals surface area contributed by atoms with E-state index in [1.54, 1.807) is 25.1 Å². The maximum absolute atomic E-state index is 13.8. The molecule has 0 spiro atoms. The molecule has 126 valence electrons. The summed E-state index contributed by atoms with van der Waals surface area (Å²) in [5.74, 6) is -1.49. The third-order valence-corrected chi connectivity index (χ3v) is 3.46. The molecule has 0 saturated heterocycles. The molecule has 0 aliphatic carbocycles. The fraction of sp³-hybridized carbons (Fsp3) is 0.222. The number of halogens is 1. The summed E-state index contributed by atoms with van der Waals surface area (Å²) >= 11 is 0. The first kappa shape index (κ1) is 17.5. The Morgan fingerprint density at radius 3 is 2.38 bits per heavy atom. The third kappa shape index (κ3) is 4.10. The minimum atomic E-state index is -0.939. The van der Waals surface area contributed by atoms with Crippen molar-refractivity contribution in [2.24, 2.45) is 5.73 Å². The van der Waals surface area contributed by atoms with Crippen LogP contribution in [0.1, 0.15) is 28.4 Å². The van der Waals surface area contributed by atoms with Crippen LogP contribution in [-0.4, -0.2) is 17.9 Å². The van der Waals surface area contributed by atoms with E-state index in [9.17, 15) is 14.0 Å². The fourth-order valence-electron chi connectivity index (χ4n) is 2.13. The first-order valence-corrected chi connectivity index (χ1v) is 7.42. The second-order valence-corrected chi connectivity index (χ2v) is 5.60. The van der Waals surface area contributed by atoms with Crippen LogP contribution in [0.5, 0.6) is 5.75 Å². The third-order valence-electron chi connectivity index (χ3n) is 3.46. The number of carbonyl (C=O) groups is 2. The maximum Gasteiger partial charge on any atom is 0.265 e. The summed E-state index contributed by atoms with van der Waals surface area (Å²) in [6.07, 6.45) is -0.939. The number of rotatable bonds is 5. The van der Waals surface area contributed by atoms with E-state index in [2.05, 4.69) is 5.32 Å². The van der Waals surface area contributed by atoms with Gasteiger partial charge in [-0.3, -0.25) is 9.59 Å².